The highest BCUT2D eigenvalue weighted by Gasteiger charge is 1.86. The van der Waals surface area contributed by atoms with E-state index in [2.05, 4.69) is 33.4 Å². The SMILES string of the molecule is CCCCCCCC.CCCCCCCCS. The van der Waals surface area contributed by atoms with E-state index < -0.39 is 0 Å². The first-order valence-electron chi connectivity index (χ1n) is 7.94. The molecule has 0 nitrogen and oxygen atoms in total. The summed E-state index contributed by atoms with van der Waals surface area (Å²) >= 11 is 4.15. The van der Waals surface area contributed by atoms with Crippen LogP contribution in [0.1, 0.15) is 97.8 Å². The van der Waals surface area contributed by atoms with E-state index in [1.807, 2.05) is 0 Å². The Hall–Kier alpha value is 0.350. The molecule has 0 aliphatic rings. The lowest BCUT2D eigenvalue weighted by Gasteiger charge is -1.95. The maximum atomic E-state index is 4.15. The monoisotopic (exact) mass is 260 g/mol. The van der Waals surface area contributed by atoms with E-state index in [0.29, 0.717) is 0 Å². The van der Waals surface area contributed by atoms with Gasteiger partial charge in [0.05, 0.1) is 0 Å². The Morgan fingerprint density at radius 1 is 0.471 bits per heavy atom. The minimum absolute atomic E-state index is 1.06. The normalized spacial score (nSPS) is 9.88. The predicted molar refractivity (Wildman–Crippen MR) is 86.3 cm³/mol. The van der Waals surface area contributed by atoms with Crippen molar-refractivity contribution in [3.8, 4) is 0 Å². The van der Waals surface area contributed by atoms with Crippen molar-refractivity contribution in [1.29, 1.82) is 0 Å². The molecule has 0 unspecified atom stereocenters. The molecule has 0 aliphatic heterocycles. The molecule has 0 fully saturated rings. The first-order chi connectivity index (χ1) is 8.33. The zero-order valence-corrected chi connectivity index (χ0v) is 13.5. The maximum Gasteiger partial charge on any atom is -0.00979 e. The number of hydrogen-bond donors (Lipinski definition) is 1. The van der Waals surface area contributed by atoms with Gasteiger partial charge in [0.2, 0.25) is 0 Å². The first kappa shape index (κ1) is 19.7. The fourth-order valence-corrected chi connectivity index (χ4v) is 1.97. The van der Waals surface area contributed by atoms with E-state index in [4.69, 9.17) is 0 Å². The van der Waals surface area contributed by atoms with Crippen molar-refractivity contribution in [2.24, 2.45) is 0 Å². The van der Waals surface area contributed by atoms with Crippen LogP contribution in [0.25, 0.3) is 0 Å². The fraction of sp³-hybridized carbons (Fsp3) is 1.00. The van der Waals surface area contributed by atoms with Crippen molar-refractivity contribution in [3.63, 3.8) is 0 Å². The third kappa shape index (κ3) is 26.1. The van der Waals surface area contributed by atoms with Crippen LogP contribution in [-0.4, -0.2) is 5.75 Å². The van der Waals surface area contributed by atoms with Crippen LogP contribution in [0.2, 0.25) is 0 Å². The minimum Gasteiger partial charge on any atom is -0.179 e. The fourth-order valence-electron chi connectivity index (χ4n) is 1.75. The summed E-state index contributed by atoms with van der Waals surface area (Å²) in [6.45, 7) is 6.76. The van der Waals surface area contributed by atoms with Crippen LogP contribution in [0.5, 0.6) is 0 Å². The van der Waals surface area contributed by atoms with Crippen LogP contribution >= 0.6 is 12.6 Å². The number of hydrogen-bond acceptors (Lipinski definition) is 1. The second-order valence-corrected chi connectivity index (χ2v) is 5.35. The smallest absolute Gasteiger partial charge is 0.00979 e. The average Bonchev–Trinajstić information content (AvgIpc) is 2.36. The summed E-state index contributed by atoms with van der Waals surface area (Å²) in [5.41, 5.74) is 0. The second kappa shape index (κ2) is 21.6. The summed E-state index contributed by atoms with van der Waals surface area (Å²) < 4.78 is 0. The molecule has 0 rings (SSSR count). The largest absolute Gasteiger partial charge is 0.179 e. The first-order valence-corrected chi connectivity index (χ1v) is 8.57. The maximum absolute atomic E-state index is 4.15. The molecular formula is C16H36S. The molecule has 0 amide bonds. The third-order valence-electron chi connectivity index (χ3n) is 2.97. The Bertz CT molecular complexity index is 89.7. The summed E-state index contributed by atoms with van der Waals surface area (Å²) in [7, 11) is 0. The van der Waals surface area contributed by atoms with Gasteiger partial charge in [-0.2, -0.15) is 12.6 Å². The van der Waals surface area contributed by atoms with Gasteiger partial charge in [0.25, 0.3) is 0 Å². The van der Waals surface area contributed by atoms with Crippen LogP contribution in [0.3, 0.4) is 0 Å². The van der Waals surface area contributed by atoms with Gasteiger partial charge in [0.15, 0.2) is 0 Å². The topological polar surface area (TPSA) is 0 Å². The van der Waals surface area contributed by atoms with Crippen LogP contribution in [-0.2, 0) is 0 Å². The molecule has 0 bridgehead atoms. The van der Waals surface area contributed by atoms with Crippen LogP contribution in [0.4, 0.5) is 0 Å². The van der Waals surface area contributed by atoms with E-state index >= 15 is 0 Å². The highest BCUT2D eigenvalue weighted by Crippen LogP contribution is 2.05. The van der Waals surface area contributed by atoms with Gasteiger partial charge in [-0.05, 0) is 12.2 Å². The van der Waals surface area contributed by atoms with E-state index in [-0.39, 0.29) is 0 Å². The Balaban J connectivity index is 0. The molecule has 0 radical (unpaired) electrons. The molecule has 0 aromatic carbocycles. The molecule has 0 aliphatic carbocycles. The standard InChI is InChI=1S/C8H18S.C8H18/c1-2-3-4-5-6-7-8-9;1-3-5-7-8-6-4-2/h9H,2-8H2,1H3;3-8H2,1-2H3. The van der Waals surface area contributed by atoms with Crippen molar-refractivity contribution >= 4 is 12.6 Å². The van der Waals surface area contributed by atoms with Crippen LogP contribution in [0.15, 0.2) is 0 Å². The zero-order valence-electron chi connectivity index (χ0n) is 12.6. The third-order valence-corrected chi connectivity index (χ3v) is 3.29. The summed E-state index contributed by atoms with van der Waals surface area (Å²) in [5, 5.41) is 0. The lowest BCUT2D eigenvalue weighted by atomic mass is 10.1. The second-order valence-electron chi connectivity index (χ2n) is 4.91. The summed E-state index contributed by atoms with van der Waals surface area (Å²) in [6, 6.07) is 0. The Morgan fingerprint density at radius 2 is 0.765 bits per heavy atom. The minimum atomic E-state index is 1.06. The molecule has 0 atom stereocenters. The molecule has 106 valence electrons. The van der Waals surface area contributed by atoms with Crippen molar-refractivity contribution in [3.05, 3.63) is 0 Å². The van der Waals surface area contributed by atoms with E-state index in [9.17, 15) is 0 Å². The number of rotatable bonds is 11. The zero-order chi connectivity index (χ0) is 13.2. The van der Waals surface area contributed by atoms with Crippen LogP contribution in [0, 0.1) is 0 Å². The summed E-state index contributed by atoms with van der Waals surface area (Å²) in [6.07, 6.45) is 16.8. The lowest BCUT2D eigenvalue weighted by molar-refractivity contribution is 0.624. The van der Waals surface area contributed by atoms with Crippen molar-refractivity contribution < 1.29 is 0 Å². The molecule has 0 saturated heterocycles. The molecule has 0 saturated carbocycles. The van der Waals surface area contributed by atoms with Gasteiger partial charge >= 0.3 is 0 Å². The summed E-state index contributed by atoms with van der Waals surface area (Å²) in [4.78, 5) is 0. The molecule has 0 aromatic heterocycles. The molecular weight excluding hydrogens is 224 g/mol. The lowest BCUT2D eigenvalue weighted by Crippen LogP contribution is -1.78. The van der Waals surface area contributed by atoms with Gasteiger partial charge in [-0.25, -0.2) is 0 Å². The van der Waals surface area contributed by atoms with Gasteiger partial charge in [-0.1, -0.05) is 91.4 Å². The Labute approximate surface area is 116 Å². The molecule has 0 N–H and O–H groups in total. The molecule has 0 aromatic rings. The molecule has 0 heterocycles. The molecule has 17 heavy (non-hydrogen) atoms. The number of unbranched alkanes of at least 4 members (excludes halogenated alkanes) is 10. The highest BCUT2D eigenvalue weighted by molar-refractivity contribution is 7.80. The van der Waals surface area contributed by atoms with Gasteiger partial charge < -0.3 is 0 Å². The van der Waals surface area contributed by atoms with Crippen molar-refractivity contribution in [2.75, 3.05) is 5.75 Å². The van der Waals surface area contributed by atoms with E-state index in [1.54, 1.807) is 0 Å². The van der Waals surface area contributed by atoms with Crippen molar-refractivity contribution in [2.45, 2.75) is 97.8 Å². The van der Waals surface area contributed by atoms with Crippen LogP contribution < -0.4 is 0 Å². The van der Waals surface area contributed by atoms with Gasteiger partial charge in [0, 0.05) is 0 Å². The average molecular weight is 261 g/mol. The van der Waals surface area contributed by atoms with Gasteiger partial charge in [0.1, 0.15) is 0 Å². The van der Waals surface area contributed by atoms with Gasteiger partial charge in [-0.3, -0.25) is 0 Å². The molecule has 1 heteroatoms. The highest BCUT2D eigenvalue weighted by atomic mass is 32.1. The van der Waals surface area contributed by atoms with Crippen molar-refractivity contribution in [1.82, 2.24) is 0 Å². The summed E-state index contributed by atoms with van der Waals surface area (Å²) in [5.74, 6) is 1.06. The molecule has 0 spiro atoms. The Kier molecular flexibility index (Phi) is 25.0. The van der Waals surface area contributed by atoms with E-state index in [1.165, 1.54) is 77.0 Å². The van der Waals surface area contributed by atoms with E-state index in [0.717, 1.165) is 5.75 Å². The quantitative estimate of drug-likeness (QED) is 0.312. The predicted octanol–water partition coefficient (Wildman–Crippen LogP) is 6.64. The Morgan fingerprint density at radius 3 is 1.06 bits per heavy atom. The number of thiol groups is 1. The van der Waals surface area contributed by atoms with Gasteiger partial charge in [-0.15, -0.1) is 0 Å².